The molecule has 2 rings (SSSR count). The van der Waals surface area contributed by atoms with E-state index in [0.717, 1.165) is 0 Å². The van der Waals surface area contributed by atoms with Gasteiger partial charge in [0.2, 0.25) is 0 Å². The van der Waals surface area contributed by atoms with Crippen molar-refractivity contribution in [2.75, 3.05) is 13.1 Å². The van der Waals surface area contributed by atoms with Gasteiger partial charge in [-0.1, -0.05) is 6.92 Å². The number of carbonyl (C=O) groups is 2. The fourth-order valence-electron chi connectivity index (χ4n) is 2.45. The molecule has 0 radical (unpaired) electrons. The number of hydrogen-bond donors (Lipinski definition) is 3. The monoisotopic (exact) mass is 256 g/mol. The van der Waals surface area contributed by atoms with Gasteiger partial charge in [0.05, 0.1) is 6.10 Å². The Balaban J connectivity index is 1.84. The van der Waals surface area contributed by atoms with Gasteiger partial charge in [-0.25, -0.2) is 9.59 Å². The minimum Gasteiger partial charge on any atom is -0.480 e. The largest absolute Gasteiger partial charge is 0.480 e. The molecule has 3 N–H and O–H groups in total. The maximum Gasteiger partial charge on any atom is 0.326 e. The molecule has 1 saturated heterocycles. The molecule has 6 heteroatoms. The first-order valence-electron chi connectivity index (χ1n) is 6.44. The first-order valence-corrected chi connectivity index (χ1v) is 6.44. The number of nitrogens with one attached hydrogen (secondary N) is 1. The number of aliphatic hydroxyl groups excluding tert-OH is 1. The van der Waals surface area contributed by atoms with Crippen molar-refractivity contribution >= 4 is 12.0 Å². The van der Waals surface area contributed by atoms with Crippen LogP contribution in [0.1, 0.15) is 26.2 Å². The minimum absolute atomic E-state index is 0.0978. The number of amides is 2. The summed E-state index contributed by atoms with van der Waals surface area (Å²) in [7, 11) is 0. The number of aliphatic hydroxyl groups is 1. The number of hydrogen-bond acceptors (Lipinski definition) is 3. The zero-order chi connectivity index (χ0) is 13.3. The molecule has 2 amide bonds. The van der Waals surface area contributed by atoms with Crippen molar-refractivity contribution in [3.8, 4) is 0 Å². The number of rotatable bonds is 4. The van der Waals surface area contributed by atoms with E-state index in [1.54, 1.807) is 0 Å². The minimum atomic E-state index is -1.06. The number of aliphatic carboxylic acids is 1. The average molecular weight is 256 g/mol. The van der Waals surface area contributed by atoms with Gasteiger partial charge in [-0.2, -0.15) is 0 Å². The van der Waals surface area contributed by atoms with Crippen molar-refractivity contribution in [3.05, 3.63) is 0 Å². The molecule has 1 aliphatic carbocycles. The SMILES string of the molecule is CC(CNC(=O)N1CC(O)CC1C(=O)O)C1CC1. The van der Waals surface area contributed by atoms with E-state index in [-0.39, 0.29) is 19.0 Å². The van der Waals surface area contributed by atoms with E-state index in [0.29, 0.717) is 18.4 Å². The van der Waals surface area contributed by atoms with Gasteiger partial charge in [-0.05, 0) is 24.7 Å². The van der Waals surface area contributed by atoms with Crippen LogP contribution >= 0.6 is 0 Å². The lowest BCUT2D eigenvalue weighted by Gasteiger charge is -2.22. The summed E-state index contributed by atoms with van der Waals surface area (Å²) in [5.74, 6) is 0.0754. The molecule has 6 nitrogen and oxygen atoms in total. The summed E-state index contributed by atoms with van der Waals surface area (Å²) in [4.78, 5) is 24.1. The van der Waals surface area contributed by atoms with E-state index in [9.17, 15) is 14.7 Å². The molecule has 0 spiro atoms. The molecular formula is C12H20N2O4. The lowest BCUT2D eigenvalue weighted by atomic mass is 10.1. The predicted molar refractivity (Wildman–Crippen MR) is 64.0 cm³/mol. The zero-order valence-electron chi connectivity index (χ0n) is 10.5. The van der Waals surface area contributed by atoms with Crippen LogP contribution in [0.5, 0.6) is 0 Å². The van der Waals surface area contributed by atoms with Gasteiger partial charge in [0.1, 0.15) is 6.04 Å². The molecule has 0 aromatic rings. The van der Waals surface area contributed by atoms with Crippen LogP contribution in [0, 0.1) is 11.8 Å². The summed E-state index contributed by atoms with van der Waals surface area (Å²) in [6.45, 7) is 2.76. The van der Waals surface area contributed by atoms with Crippen LogP contribution in [0.4, 0.5) is 4.79 Å². The average Bonchev–Trinajstić information content (AvgIpc) is 3.08. The highest BCUT2D eigenvalue weighted by Crippen LogP contribution is 2.36. The van der Waals surface area contributed by atoms with E-state index in [4.69, 9.17) is 5.11 Å². The Morgan fingerprint density at radius 1 is 1.44 bits per heavy atom. The smallest absolute Gasteiger partial charge is 0.326 e. The topological polar surface area (TPSA) is 89.9 Å². The third kappa shape index (κ3) is 2.93. The normalized spacial score (nSPS) is 29.1. The summed E-state index contributed by atoms with van der Waals surface area (Å²) < 4.78 is 0. The first kappa shape index (κ1) is 13.1. The van der Waals surface area contributed by atoms with Crippen molar-refractivity contribution in [2.45, 2.75) is 38.3 Å². The number of carboxylic acid groups (broad SMARTS) is 1. The maximum absolute atomic E-state index is 11.9. The highest BCUT2D eigenvalue weighted by Gasteiger charge is 2.39. The Bertz CT molecular complexity index is 343. The van der Waals surface area contributed by atoms with Gasteiger partial charge in [-0.15, -0.1) is 0 Å². The van der Waals surface area contributed by atoms with Gasteiger partial charge in [0.15, 0.2) is 0 Å². The summed E-state index contributed by atoms with van der Waals surface area (Å²) in [5, 5.41) is 21.2. The molecule has 1 saturated carbocycles. The fraction of sp³-hybridized carbons (Fsp3) is 0.833. The second kappa shape index (κ2) is 5.14. The number of urea groups is 1. The molecule has 0 bridgehead atoms. The molecule has 2 aliphatic rings. The van der Waals surface area contributed by atoms with Crippen LogP contribution in [0.25, 0.3) is 0 Å². The highest BCUT2D eigenvalue weighted by molar-refractivity contribution is 5.83. The summed E-state index contributed by atoms with van der Waals surface area (Å²) >= 11 is 0. The third-order valence-electron chi connectivity index (χ3n) is 3.83. The van der Waals surface area contributed by atoms with Gasteiger partial charge in [-0.3, -0.25) is 0 Å². The molecule has 1 heterocycles. The van der Waals surface area contributed by atoms with Crippen LogP contribution in [-0.2, 0) is 4.79 Å². The second-order valence-corrected chi connectivity index (χ2v) is 5.40. The first-order chi connectivity index (χ1) is 8.49. The fourth-order valence-corrected chi connectivity index (χ4v) is 2.45. The lowest BCUT2D eigenvalue weighted by molar-refractivity contribution is -0.141. The van der Waals surface area contributed by atoms with Crippen molar-refractivity contribution in [1.29, 1.82) is 0 Å². The second-order valence-electron chi connectivity index (χ2n) is 5.40. The summed E-state index contributed by atoms with van der Waals surface area (Å²) in [6, 6.07) is -1.29. The highest BCUT2D eigenvalue weighted by atomic mass is 16.4. The van der Waals surface area contributed by atoms with E-state index in [2.05, 4.69) is 12.2 Å². The maximum atomic E-state index is 11.9. The molecule has 0 aromatic carbocycles. The molecule has 3 atom stereocenters. The summed E-state index contributed by atoms with van der Waals surface area (Å²) in [5.41, 5.74) is 0. The molecule has 18 heavy (non-hydrogen) atoms. The number of β-amino-alcohol motifs (C(OH)–C–C–N with tert-alkyl or cyclic N) is 1. The molecule has 3 unspecified atom stereocenters. The zero-order valence-corrected chi connectivity index (χ0v) is 10.5. The molecule has 0 aromatic heterocycles. The van der Waals surface area contributed by atoms with Crippen LogP contribution in [0.15, 0.2) is 0 Å². The molecule has 102 valence electrons. The van der Waals surface area contributed by atoms with Crippen LogP contribution in [-0.4, -0.2) is 52.3 Å². The van der Waals surface area contributed by atoms with E-state index in [1.165, 1.54) is 17.7 Å². The van der Waals surface area contributed by atoms with Crippen LogP contribution in [0.2, 0.25) is 0 Å². The molecule has 2 fully saturated rings. The van der Waals surface area contributed by atoms with Crippen molar-refractivity contribution in [2.24, 2.45) is 11.8 Å². The molecule has 1 aliphatic heterocycles. The number of carbonyl (C=O) groups excluding carboxylic acids is 1. The van der Waals surface area contributed by atoms with Crippen LogP contribution < -0.4 is 5.32 Å². The van der Waals surface area contributed by atoms with Crippen LogP contribution in [0.3, 0.4) is 0 Å². The lowest BCUT2D eigenvalue weighted by Crippen LogP contribution is -2.47. The Morgan fingerprint density at radius 3 is 2.67 bits per heavy atom. The standard InChI is InChI=1S/C12H20N2O4/c1-7(8-2-3-8)5-13-12(18)14-6-9(15)4-10(14)11(16)17/h7-10,15H,2-6H2,1H3,(H,13,18)(H,16,17). The Hall–Kier alpha value is -1.30. The molecular weight excluding hydrogens is 236 g/mol. The number of nitrogens with zero attached hydrogens (tertiary/aromatic N) is 1. The van der Waals surface area contributed by atoms with Gasteiger partial charge in [0.25, 0.3) is 0 Å². The van der Waals surface area contributed by atoms with Crippen molar-refractivity contribution < 1.29 is 19.8 Å². The third-order valence-corrected chi connectivity index (χ3v) is 3.83. The quantitative estimate of drug-likeness (QED) is 0.673. The Kier molecular flexibility index (Phi) is 3.75. The number of carboxylic acids is 1. The van der Waals surface area contributed by atoms with E-state index < -0.39 is 18.1 Å². The van der Waals surface area contributed by atoms with E-state index in [1.807, 2.05) is 0 Å². The predicted octanol–water partition coefficient (Wildman–Crippen LogP) is 0.262. The Labute approximate surface area is 106 Å². The Morgan fingerprint density at radius 2 is 2.11 bits per heavy atom. The van der Waals surface area contributed by atoms with Gasteiger partial charge >= 0.3 is 12.0 Å². The van der Waals surface area contributed by atoms with Gasteiger partial charge in [0, 0.05) is 19.5 Å². The van der Waals surface area contributed by atoms with Crippen molar-refractivity contribution in [3.63, 3.8) is 0 Å². The van der Waals surface area contributed by atoms with Gasteiger partial charge < -0.3 is 20.4 Å². The summed E-state index contributed by atoms with van der Waals surface area (Å²) in [6.07, 6.45) is 1.81. The number of likely N-dealkylation sites (tertiary alicyclic amines) is 1. The van der Waals surface area contributed by atoms with Crippen molar-refractivity contribution in [1.82, 2.24) is 10.2 Å². The van der Waals surface area contributed by atoms with E-state index >= 15 is 0 Å².